The lowest BCUT2D eigenvalue weighted by Gasteiger charge is -2.10. The van der Waals surface area contributed by atoms with E-state index in [2.05, 4.69) is 5.32 Å². The Bertz CT molecular complexity index is 856. The van der Waals surface area contributed by atoms with Crippen LogP contribution in [0.4, 0.5) is 4.39 Å². The van der Waals surface area contributed by atoms with Gasteiger partial charge in [0.2, 0.25) is 0 Å². The van der Waals surface area contributed by atoms with Gasteiger partial charge in [-0.15, -0.1) is 0 Å². The smallest absolute Gasteiger partial charge is 0.252 e. The Balaban J connectivity index is 1.82. The van der Waals surface area contributed by atoms with Crippen LogP contribution in [-0.2, 0) is 11.3 Å². The van der Waals surface area contributed by atoms with E-state index in [-0.39, 0.29) is 11.7 Å². The second kappa shape index (κ2) is 8.06. The lowest BCUT2D eigenvalue weighted by Crippen LogP contribution is -2.23. The van der Waals surface area contributed by atoms with Crippen LogP contribution >= 0.6 is 0 Å². The van der Waals surface area contributed by atoms with Crippen molar-refractivity contribution in [2.75, 3.05) is 0 Å². The molecule has 0 fully saturated rings. The number of halogens is 1. The Morgan fingerprint density at radius 1 is 0.840 bits per heavy atom. The fourth-order valence-electron chi connectivity index (χ4n) is 2.49. The van der Waals surface area contributed by atoms with Gasteiger partial charge in [0.25, 0.3) is 5.91 Å². The van der Waals surface area contributed by atoms with E-state index in [1.165, 1.54) is 12.1 Å². The molecule has 3 aromatic rings. The molecule has 0 aliphatic carbocycles. The second-order valence-corrected chi connectivity index (χ2v) is 5.64. The van der Waals surface area contributed by atoms with Crippen molar-refractivity contribution in [2.45, 2.75) is 6.54 Å². The van der Waals surface area contributed by atoms with Crippen molar-refractivity contribution in [2.24, 2.45) is 0 Å². The van der Waals surface area contributed by atoms with Gasteiger partial charge in [-0.25, -0.2) is 4.39 Å². The summed E-state index contributed by atoms with van der Waals surface area (Å²) in [5.74, 6) is -0.455. The molecule has 0 saturated heterocycles. The van der Waals surface area contributed by atoms with Crippen molar-refractivity contribution >= 4 is 17.6 Å². The van der Waals surface area contributed by atoms with E-state index < -0.39 is 0 Å². The van der Waals surface area contributed by atoms with Crippen LogP contribution in [0, 0.1) is 5.82 Å². The summed E-state index contributed by atoms with van der Waals surface area (Å²) in [7, 11) is 0. The highest BCUT2D eigenvalue weighted by Gasteiger charge is 2.11. The first-order valence-electron chi connectivity index (χ1n) is 8.07. The summed E-state index contributed by atoms with van der Waals surface area (Å²) in [6.07, 6.45) is 1.87. The number of benzene rings is 3. The predicted molar refractivity (Wildman–Crippen MR) is 99.0 cm³/mol. The van der Waals surface area contributed by atoms with Gasteiger partial charge in [0.05, 0.1) is 0 Å². The second-order valence-electron chi connectivity index (χ2n) is 5.64. The lowest BCUT2D eigenvalue weighted by atomic mass is 10.0. The molecule has 0 bridgehead atoms. The largest absolute Gasteiger partial charge is 0.348 e. The van der Waals surface area contributed by atoms with Gasteiger partial charge in [0, 0.05) is 12.1 Å². The van der Waals surface area contributed by atoms with E-state index in [0.29, 0.717) is 12.1 Å². The van der Waals surface area contributed by atoms with Crippen molar-refractivity contribution in [3.05, 3.63) is 107 Å². The molecule has 3 aromatic carbocycles. The van der Waals surface area contributed by atoms with Crippen LogP contribution in [0.25, 0.3) is 11.6 Å². The molecule has 1 amide bonds. The van der Waals surface area contributed by atoms with Gasteiger partial charge < -0.3 is 5.32 Å². The third-order valence-corrected chi connectivity index (χ3v) is 3.81. The van der Waals surface area contributed by atoms with Crippen molar-refractivity contribution in [1.82, 2.24) is 5.32 Å². The summed E-state index contributed by atoms with van der Waals surface area (Å²) >= 11 is 0. The van der Waals surface area contributed by atoms with Crippen LogP contribution in [-0.4, -0.2) is 5.91 Å². The molecule has 0 radical (unpaired) electrons. The summed E-state index contributed by atoms with van der Waals surface area (Å²) in [6, 6.07) is 25.4. The summed E-state index contributed by atoms with van der Waals surface area (Å²) in [6.45, 7) is 0.345. The molecule has 2 nitrogen and oxygen atoms in total. The zero-order valence-corrected chi connectivity index (χ0v) is 13.7. The fraction of sp³-hybridized carbons (Fsp3) is 0.0455. The van der Waals surface area contributed by atoms with E-state index in [9.17, 15) is 9.18 Å². The van der Waals surface area contributed by atoms with Crippen LogP contribution in [0.1, 0.15) is 16.7 Å². The molecule has 0 saturated carbocycles. The highest BCUT2D eigenvalue weighted by Crippen LogP contribution is 2.18. The Morgan fingerprint density at radius 3 is 2.08 bits per heavy atom. The topological polar surface area (TPSA) is 29.1 Å². The lowest BCUT2D eigenvalue weighted by molar-refractivity contribution is -0.115. The Kier molecular flexibility index (Phi) is 5.37. The first-order valence-corrected chi connectivity index (χ1v) is 8.07. The average molecular weight is 331 g/mol. The van der Waals surface area contributed by atoms with E-state index in [1.807, 2.05) is 66.7 Å². The van der Waals surface area contributed by atoms with Crippen LogP contribution in [0.3, 0.4) is 0 Å². The quantitative estimate of drug-likeness (QED) is 0.534. The zero-order valence-electron chi connectivity index (χ0n) is 13.7. The number of amides is 1. The number of hydrogen-bond donors (Lipinski definition) is 1. The molecule has 0 aliphatic heterocycles. The van der Waals surface area contributed by atoms with Gasteiger partial charge in [-0.05, 0) is 34.9 Å². The molecule has 25 heavy (non-hydrogen) atoms. The first-order chi connectivity index (χ1) is 12.2. The average Bonchev–Trinajstić information content (AvgIpc) is 2.67. The van der Waals surface area contributed by atoms with Crippen molar-refractivity contribution in [3.8, 4) is 0 Å². The molecule has 0 atom stereocenters. The van der Waals surface area contributed by atoms with E-state index >= 15 is 0 Å². The molecule has 3 rings (SSSR count). The highest BCUT2D eigenvalue weighted by molar-refractivity contribution is 6.24. The molecule has 0 aromatic heterocycles. The van der Waals surface area contributed by atoms with Gasteiger partial charge in [0.1, 0.15) is 5.82 Å². The monoisotopic (exact) mass is 331 g/mol. The molecule has 1 N–H and O–H groups in total. The summed E-state index contributed by atoms with van der Waals surface area (Å²) in [4.78, 5) is 12.7. The van der Waals surface area contributed by atoms with Crippen LogP contribution in [0.5, 0.6) is 0 Å². The normalized spacial score (nSPS) is 11.2. The summed E-state index contributed by atoms with van der Waals surface area (Å²) in [5.41, 5.74) is 3.25. The number of nitrogens with one attached hydrogen (secondary N) is 1. The van der Waals surface area contributed by atoms with Crippen molar-refractivity contribution in [3.63, 3.8) is 0 Å². The number of carbonyl (C=O) groups excluding carboxylic acids is 1. The third-order valence-electron chi connectivity index (χ3n) is 3.81. The Labute approximate surface area is 146 Å². The highest BCUT2D eigenvalue weighted by atomic mass is 19.1. The molecule has 0 unspecified atom stereocenters. The molecule has 3 heteroatoms. The van der Waals surface area contributed by atoms with Gasteiger partial charge >= 0.3 is 0 Å². The minimum atomic E-state index is -0.288. The molecule has 0 spiro atoms. The molecular formula is C22H18FNO. The number of carbonyl (C=O) groups is 1. The zero-order chi connectivity index (χ0) is 17.5. The van der Waals surface area contributed by atoms with E-state index in [1.54, 1.807) is 12.1 Å². The van der Waals surface area contributed by atoms with Crippen LogP contribution < -0.4 is 5.32 Å². The van der Waals surface area contributed by atoms with Crippen molar-refractivity contribution in [1.29, 1.82) is 0 Å². The Hall–Kier alpha value is -3.20. The molecule has 0 heterocycles. The standard InChI is InChI=1S/C22H18FNO/c23-20-13-11-18(12-14-20)16-24-22(25)21(19-9-5-2-6-10-19)15-17-7-3-1-4-8-17/h1-15H,16H2,(H,24,25)/b21-15+. The Morgan fingerprint density at radius 2 is 1.44 bits per heavy atom. The van der Waals surface area contributed by atoms with Crippen molar-refractivity contribution < 1.29 is 9.18 Å². The summed E-state index contributed by atoms with van der Waals surface area (Å²) in [5, 5.41) is 2.91. The van der Waals surface area contributed by atoms with E-state index in [4.69, 9.17) is 0 Å². The molecule has 0 aliphatic rings. The maximum Gasteiger partial charge on any atom is 0.252 e. The number of rotatable bonds is 5. The first kappa shape index (κ1) is 16.7. The molecule has 124 valence electrons. The van der Waals surface area contributed by atoms with Gasteiger partial charge in [-0.2, -0.15) is 0 Å². The summed E-state index contributed by atoms with van der Waals surface area (Å²) < 4.78 is 13.0. The van der Waals surface area contributed by atoms with Crippen LogP contribution in [0.15, 0.2) is 84.9 Å². The maximum absolute atomic E-state index is 13.0. The number of hydrogen-bond acceptors (Lipinski definition) is 1. The minimum Gasteiger partial charge on any atom is -0.348 e. The van der Waals surface area contributed by atoms with Gasteiger partial charge in [0.15, 0.2) is 0 Å². The molecular weight excluding hydrogens is 313 g/mol. The third kappa shape index (κ3) is 4.64. The van der Waals surface area contributed by atoms with E-state index in [0.717, 1.165) is 16.7 Å². The van der Waals surface area contributed by atoms with Gasteiger partial charge in [-0.1, -0.05) is 72.8 Å². The van der Waals surface area contributed by atoms with Gasteiger partial charge in [-0.3, -0.25) is 4.79 Å². The maximum atomic E-state index is 13.0. The fourth-order valence-corrected chi connectivity index (χ4v) is 2.49. The predicted octanol–water partition coefficient (Wildman–Crippen LogP) is 4.68. The SMILES string of the molecule is O=C(NCc1ccc(F)cc1)/C(=C/c1ccccc1)c1ccccc1. The van der Waals surface area contributed by atoms with Crippen LogP contribution in [0.2, 0.25) is 0 Å². The minimum absolute atomic E-state index is 0.167.